The molecule has 0 heterocycles. The summed E-state index contributed by atoms with van der Waals surface area (Å²) in [6, 6.07) is 7.42. The number of aryl methyl sites for hydroxylation is 1. The van der Waals surface area contributed by atoms with Crippen LogP contribution in [0.3, 0.4) is 0 Å². The monoisotopic (exact) mass is 319 g/mol. The highest BCUT2D eigenvalue weighted by Gasteiger charge is 2.19. The van der Waals surface area contributed by atoms with Crippen LogP contribution in [0.4, 0.5) is 0 Å². The van der Waals surface area contributed by atoms with Crippen molar-refractivity contribution in [3.05, 3.63) is 35.4 Å². The average Bonchev–Trinajstić information content (AvgIpc) is 2.44. The van der Waals surface area contributed by atoms with Gasteiger partial charge in [-0.15, -0.1) is 0 Å². The number of rotatable bonds is 8. The van der Waals surface area contributed by atoms with Gasteiger partial charge in [0, 0.05) is 31.6 Å². The molecule has 0 fully saturated rings. The highest BCUT2D eigenvalue weighted by Crippen LogP contribution is 2.14. The Balaban J connectivity index is 2.32. The number of nitrogens with one attached hydrogen (secondary N) is 2. The van der Waals surface area contributed by atoms with E-state index in [1.165, 1.54) is 0 Å². The molecule has 2 amide bonds. The van der Waals surface area contributed by atoms with Gasteiger partial charge in [0.2, 0.25) is 5.91 Å². The second-order valence-corrected chi connectivity index (χ2v) is 7.00. The molecule has 0 unspecified atom stereocenters. The molecular weight excluding hydrogens is 290 g/mol. The van der Waals surface area contributed by atoms with Gasteiger partial charge in [-0.1, -0.05) is 32.0 Å². The van der Waals surface area contributed by atoms with Crippen LogP contribution in [-0.2, 0) is 4.79 Å². The molecule has 0 aliphatic rings. The molecule has 128 valence electrons. The normalized spacial score (nSPS) is 11.4. The third kappa shape index (κ3) is 7.28. The molecule has 0 radical (unpaired) electrons. The Hall–Kier alpha value is -1.88. The summed E-state index contributed by atoms with van der Waals surface area (Å²) < 4.78 is 0. The molecule has 2 N–H and O–H groups in total. The summed E-state index contributed by atoms with van der Waals surface area (Å²) in [6.45, 7) is 8.00. The van der Waals surface area contributed by atoms with Crippen LogP contribution < -0.4 is 10.6 Å². The maximum atomic E-state index is 12.0. The molecule has 0 aliphatic heterocycles. The molecule has 0 saturated carbocycles. The predicted molar refractivity (Wildman–Crippen MR) is 93.5 cm³/mol. The number of nitrogens with zero attached hydrogens (tertiary/aromatic N) is 1. The van der Waals surface area contributed by atoms with Gasteiger partial charge in [-0.25, -0.2) is 0 Å². The zero-order chi connectivity index (χ0) is 17.5. The van der Waals surface area contributed by atoms with Gasteiger partial charge in [0.15, 0.2) is 0 Å². The third-order valence-corrected chi connectivity index (χ3v) is 3.54. The van der Waals surface area contributed by atoms with Gasteiger partial charge < -0.3 is 15.5 Å². The minimum atomic E-state index is -0.135. The highest BCUT2D eigenvalue weighted by molar-refractivity contribution is 5.95. The Morgan fingerprint density at radius 3 is 2.39 bits per heavy atom. The second-order valence-electron chi connectivity index (χ2n) is 7.00. The fourth-order valence-corrected chi connectivity index (χ4v) is 2.55. The summed E-state index contributed by atoms with van der Waals surface area (Å²) in [7, 11) is 4.04. The van der Waals surface area contributed by atoms with Crippen molar-refractivity contribution in [2.24, 2.45) is 5.41 Å². The minimum Gasteiger partial charge on any atom is -0.355 e. The topological polar surface area (TPSA) is 61.4 Å². The molecule has 0 aromatic heterocycles. The van der Waals surface area contributed by atoms with E-state index in [2.05, 4.69) is 29.4 Å². The van der Waals surface area contributed by atoms with E-state index in [0.29, 0.717) is 18.7 Å². The van der Waals surface area contributed by atoms with Crippen LogP contribution in [0.15, 0.2) is 24.3 Å². The maximum absolute atomic E-state index is 12.0. The van der Waals surface area contributed by atoms with Crippen LogP contribution in [0.1, 0.15) is 36.2 Å². The Kier molecular flexibility index (Phi) is 7.23. The lowest BCUT2D eigenvalue weighted by molar-refractivity contribution is -0.121. The SMILES string of the molecule is Cc1ccccc1C(=O)NCCC(=O)NCC(C)(C)CN(C)C. The first kappa shape index (κ1) is 19.2. The summed E-state index contributed by atoms with van der Waals surface area (Å²) in [5.41, 5.74) is 1.60. The lowest BCUT2D eigenvalue weighted by atomic mass is 9.93. The second kappa shape index (κ2) is 8.67. The molecule has 0 spiro atoms. The predicted octanol–water partition coefficient (Wildman–Crippen LogP) is 1.82. The summed E-state index contributed by atoms with van der Waals surface area (Å²) >= 11 is 0. The molecule has 1 aromatic carbocycles. The van der Waals surface area contributed by atoms with Gasteiger partial charge in [-0.2, -0.15) is 0 Å². The molecule has 0 saturated heterocycles. The minimum absolute atomic E-state index is 0.0174. The summed E-state index contributed by atoms with van der Waals surface area (Å²) in [5.74, 6) is -0.175. The van der Waals surface area contributed by atoms with E-state index in [0.717, 1.165) is 12.1 Å². The van der Waals surface area contributed by atoms with Crippen molar-refractivity contribution in [3.63, 3.8) is 0 Å². The first-order chi connectivity index (χ1) is 10.7. The van der Waals surface area contributed by atoms with Crippen LogP contribution >= 0.6 is 0 Å². The van der Waals surface area contributed by atoms with Crippen molar-refractivity contribution in [1.29, 1.82) is 0 Å². The van der Waals surface area contributed by atoms with Crippen LogP contribution in [0.5, 0.6) is 0 Å². The van der Waals surface area contributed by atoms with Gasteiger partial charge in [-0.3, -0.25) is 9.59 Å². The molecule has 1 rings (SSSR count). The fraction of sp³-hybridized carbons (Fsp3) is 0.556. The molecule has 23 heavy (non-hydrogen) atoms. The maximum Gasteiger partial charge on any atom is 0.251 e. The first-order valence-electron chi connectivity index (χ1n) is 7.96. The van der Waals surface area contributed by atoms with Crippen LogP contribution in [0, 0.1) is 12.3 Å². The Labute approximate surface area is 139 Å². The number of hydrogen-bond acceptors (Lipinski definition) is 3. The van der Waals surface area contributed by atoms with E-state index in [4.69, 9.17) is 0 Å². The quantitative estimate of drug-likeness (QED) is 0.768. The van der Waals surface area contributed by atoms with Crippen LogP contribution in [0.25, 0.3) is 0 Å². The van der Waals surface area contributed by atoms with E-state index in [1.807, 2.05) is 39.2 Å². The number of benzene rings is 1. The van der Waals surface area contributed by atoms with Gasteiger partial charge in [0.1, 0.15) is 0 Å². The van der Waals surface area contributed by atoms with Gasteiger partial charge in [-0.05, 0) is 38.1 Å². The van der Waals surface area contributed by atoms with E-state index < -0.39 is 0 Å². The molecule has 0 bridgehead atoms. The molecule has 1 aromatic rings. The Bertz CT molecular complexity index is 539. The smallest absolute Gasteiger partial charge is 0.251 e. The highest BCUT2D eigenvalue weighted by atomic mass is 16.2. The molecule has 5 heteroatoms. The first-order valence-corrected chi connectivity index (χ1v) is 7.96. The lowest BCUT2D eigenvalue weighted by Gasteiger charge is -2.28. The number of amides is 2. The van der Waals surface area contributed by atoms with Crippen molar-refractivity contribution in [1.82, 2.24) is 15.5 Å². The van der Waals surface area contributed by atoms with E-state index in [9.17, 15) is 9.59 Å². The summed E-state index contributed by atoms with van der Waals surface area (Å²) in [5, 5.41) is 5.73. The Morgan fingerprint density at radius 1 is 1.13 bits per heavy atom. The summed E-state index contributed by atoms with van der Waals surface area (Å²) in [4.78, 5) is 26.0. The van der Waals surface area contributed by atoms with E-state index in [-0.39, 0.29) is 23.7 Å². The van der Waals surface area contributed by atoms with Crippen LogP contribution in [-0.4, -0.2) is 50.4 Å². The van der Waals surface area contributed by atoms with E-state index >= 15 is 0 Å². The zero-order valence-corrected chi connectivity index (χ0v) is 14.9. The number of hydrogen-bond donors (Lipinski definition) is 2. The fourth-order valence-electron chi connectivity index (χ4n) is 2.55. The molecule has 0 aliphatic carbocycles. The van der Waals surface area contributed by atoms with Crippen molar-refractivity contribution < 1.29 is 9.59 Å². The molecule has 0 atom stereocenters. The third-order valence-electron chi connectivity index (χ3n) is 3.54. The van der Waals surface area contributed by atoms with Gasteiger partial charge in [0.05, 0.1) is 0 Å². The number of carbonyl (C=O) groups excluding carboxylic acids is 2. The van der Waals surface area contributed by atoms with Gasteiger partial charge >= 0.3 is 0 Å². The average molecular weight is 319 g/mol. The van der Waals surface area contributed by atoms with Crippen molar-refractivity contribution in [2.45, 2.75) is 27.2 Å². The Morgan fingerprint density at radius 2 is 1.78 bits per heavy atom. The van der Waals surface area contributed by atoms with Crippen molar-refractivity contribution >= 4 is 11.8 Å². The van der Waals surface area contributed by atoms with Crippen LogP contribution in [0.2, 0.25) is 0 Å². The number of carbonyl (C=O) groups is 2. The standard InChI is InChI=1S/C18H29N3O2/c1-14-8-6-7-9-15(14)17(23)19-11-10-16(22)20-12-18(2,3)13-21(4)5/h6-9H,10-13H2,1-5H3,(H,19,23)(H,20,22). The largest absolute Gasteiger partial charge is 0.355 e. The van der Waals surface area contributed by atoms with Gasteiger partial charge in [0.25, 0.3) is 5.91 Å². The lowest BCUT2D eigenvalue weighted by Crippen LogP contribution is -2.40. The zero-order valence-electron chi connectivity index (χ0n) is 14.9. The summed E-state index contributed by atoms with van der Waals surface area (Å²) in [6.07, 6.45) is 0.287. The molecule has 5 nitrogen and oxygen atoms in total. The van der Waals surface area contributed by atoms with Crippen molar-refractivity contribution in [2.75, 3.05) is 33.7 Å². The molecular formula is C18H29N3O2. The van der Waals surface area contributed by atoms with Crippen molar-refractivity contribution in [3.8, 4) is 0 Å². The van der Waals surface area contributed by atoms with E-state index in [1.54, 1.807) is 6.07 Å².